The molecule has 0 fully saturated rings. The summed E-state index contributed by atoms with van der Waals surface area (Å²) in [6, 6.07) is 57.4. The Morgan fingerprint density at radius 2 is 0.800 bits per heavy atom. The second-order valence-corrected chi connectivity index (χ2v) is 38.4. The van der Waals surface area contributed by atoms with Crippen molar-refractivity contribution in [3.05, 3.63) is 294 Å². The number of nitrogens with one attached hydrogen (secondary N) is 2. The number of rotatable bonds is 29. The van der Waals surface area contributed by atoms with Gasteiger partial charge in [-0.3, -0.25) is 14.4 Å². The number of hydrogen-bond donors (Lipinski definition) is 6. The Morgan fingerprint density at radius 3 is 1.12 bits per heavy atom. The summed E-state index contributed by atoms with van der Waals surface area (Å²) < 4.78 is 78.4. The van der Waals surface area contributed by atoms with Crippen LogP contribution in [0.5, 0.6) is 0 Å². The first kappa shape index (κ1) is 94.2. The molecule has 638 valence electrons. The van der Waals surface area contributed by atoms with Gasteiger partial charge in [-0.25, -0.2) is 36.7 Å². The number of nitrogens with zero attached hydrogens (tertiary/aromatic N) is 4. The summed E-state index contributed by atoms with van der Waals surface area (Å²) in [5, 5.41) is 45.1. The summed E-state index contributed by atoms with van der Waals surface area (Å²) >= 11 is 0. The largest absolute Gasteiger partial charge is 0.480 e. The first-order chi connectivity index (χ1) is 56.1. The van der Waals surface area contributed by atoms with E-state index in [0.717, 1.165) is 69.8 Å². The van der Waals surface area contributed by atoms with E-state index in [9.17, 15) is 67.2 Å². The molecule has 0 saturated carbocycles. The Morgan fingerprint density at radius 1 is 0.467 bits per heavy atom. The van der Waals surface area contributed by atoms with Crippen LogP contribution in [0.15, 0.2) is 219 Å². The number of carbonyl (C=O) groups is 7. The number of carbonyl (C=O) groups excluding carboxylic acids is 5. The van der Waals surface area contributed by atoms with Gasteiger partial charge in [0.15, 0.2) is 0 Å². The molecular weight excluding hydrogens is 1650 g/mol. The topological polar surface area (TPSA) is 268 Å². The van der Waals surface area contributed by atoms with Crippen molar-refractivity contribution in [1.82, 2.24) is 29.6 Å². The maximum Gasteiger partial charge on any atom is 0.407 e. The standard InChI is InChI=1S/C43H43F2N3O6.C34H45F2N3O6Si.C16H14O2.CH3.Pd/c1-43(2,3)40(38-21-28(34-22-29(44)17-18-36(34)45)24-47(38)23-27-11-5-4-6-12-27)48(39(50)25-49)20-19-37(41(51)52)46-42(53)54-26-35-32-15-9-7-13-30(32)31-14-8-10-16-33(31)35;1-34(2,3)31(39(30(41)22-40)15-14-28(32(42)43)37-33(44)45-16-17-46(4,5)6)29-18-24(26-19-25(35)12-13-27(26)36)21-38(29)20-23-10-8-7-9-11-23;1-11(17)18-10-16-14-8-4-2-6-12(14)13-7-3-5-9-15(13)16;;/h4-18,21-22,24,35,37,40,49H,19-20,23,25-26H2,1-3H3,(H,46,53)(H,51,52);7-13,18-19,21,28,31,40H,14-17,20,22H2,1-6H3,(H,37,44)(H,42,43);2-9,16H,10H2,1H3;1H3;/q;;;-1;/t37-,40-;28-,31-;;;/m00.../s1. The molecule has 0 unspecified atom stereocenters. The fourth-order valence-corrected chi connectivity index (χ4v) is 16.0. The summed E-state index contributed by atoms with van der Waals surface area (Å²) in [5.41, 5.74) is 11.5. The first-order valence-corrected chi connectivity index (χ1v) is 42.8. The van der Waals surface area contributed by atoms with E-state index < -0.39 is 115 Å². The molecule has 10 aromatic rings. The second kappa shape index (κ2) is 42.1. The Labute approximate surface area is 713 Å². The zero-order chi connectivity index (χ0) is 85.3. The molecule has 2 heterocycles. The SMILES string of the molecule is CC(=O)OCC1c2ccccc2-c2ccccc21.CC(C)(C)[C@H](c1cc(-c2cc(F)ccc2F)cn1Cc1ccccc1)N(CC[C@H](NC(=O)OCC1c2ccccc2-c2ccccc21)C(=O)O)C(=O)CO.CC(C)(C)[C@H](c1cc(-c2cc(F)ccc2F)cn1Cc1ccccc1)N(CC[C@H](NC(=O)OCC[Si](C)(C)C)C(=O)O)C(=O)CO.[CH3-].[Pd]. The molecule has 0 aliphatic heterocycles. The van der Waals surface area contributed by atoms with E-state index in [0.29, 0.717) is 48.3 Å². The average molecular weight is 1750 g/mol. The molecule has 0 radical (unpaired) electrons. The molecule has 26 heteroatoms. The van der Waals surface area contributed by atoms with Crippen molar-refractivity contribution < 1.29 is 106 Å². The molecule has 0 bridgehead atoms. The van der Waals surface area contributed by atoms with Crippen LogP contribution in [0.2, 0.25) is 25.7 Å². The molecule has 20 nitrogen and oxygen atoms in total. The molecule has 0 saturated heterocycles. The van der Waals surface area contributed by atoms with E-state index >= 15 is 4.39 Å². The molecule has 4 amide bonds. The van der Waals surface area contributed by atoms with Gasteiger partial charge in [0.2, 0.25) is 11.8 Å². The number of esters is 1. The van der Waals surface area contributed by atoms with Gasteiger partial charge in [-0.1, -0.05) is 219 Å². The minimum atomic E-state index is -1.48. The van der Waals surface area contributed by atoms with E-state index in [1.54, 1.807) is 24.5 Å². The smallest absolute Gasteiger partial charge is 0.407 e. The monoisotopic (exact) mass is 1750 g/mol. The molecule has 2 aliphatic carbocycles. The Hall–Kier alpha value is -11.3. The van der Waals surface area contributed by atoms with Crippen molar-refractivity contribution in [2.24, 2.45) is 10.8 Å². The number of benzene rings is 8. The number of aliphatic hydroxyl groups is 2. The van der Waals surface area contributed by atoms with E-state index in [2.05, 4.69) is 54.5 Å². The van der Waals surface area contributed by atoms with Crippen LogP contribution in [-0.4, -0.2) is 148 Å². The van der Waals surface area contributed by atoms with Gasteiger partial charge in [0.1, 0.15) is 61.8 Å². The zero-order valence-electron chi connectivity index (χ0n) is 69.2. The number of aliphatic hydroxyl groups excluding tert-OH is 2. The Bertz CT molecular complexity index is 5110. The molecule has 2 aromatic heterocycles. The van der Waals surface area contributed by atoms with Gasteiger partial charge in [0, 0.05) is 119 Å². The van der Waals surface area contributed by atoms with Crippen LogP contribution < -0.4 is 10.6 Å². The average Bonchev–Trinajstić information content (AvgIpc) is 1.63. The van der Waals surface area contributed by atoms with Crippen molar-refractivity contribution >= 4 is 50.0 Å². The second-order valence-electron chi connectivity index (χ2n) is 32.8. The predicted molar refractivity (Wildman–Crippen MR) is 452 cm³/mol. The number of hydrogen-bond acceptors (Lipinski definition) is 12. The molecular formula is C94H105F4N6O14PdSi-. The van der Waals surface area contributed by atoms with Gasteiger partial charge in [0.05, 0.1) is 18.7 Å². The summed E-state index contributed by atoms with van der Waals surface area (Å²) in [6.45, 7) is 18.4. The van der Waals surface area contributed by atoms with E-state index in [1.807, 2.05) is 184 Å². The fraction of sp³-hybridized carbons (Fsp3) is 0.319. The van der Waals surface area contributed by atoms with Crippen LogP contribution in [0, 0.1) is 41.5 Å². The Balaban J connectivity index is 0.000000245. The first-order valence-electron chi connectivity index (χ1n) is 39.1. The maximum atomic E-state index is 15.1. The minimum Gasteiger partial charge on any atom is -0.480 e. The molecule has 0 spiro atoms. The van der Waals surface area contributed by atoms with Gasteiger partial charge in [-0.2, -0.15) is 0 Å². The maximum absolute atomic E-state index is 15.1. The van der Waals surface area contributed by atoms with E-state index in [1.165, 1.54) is 39.0 Å². The van der Waals surface area contributed by atoms with Crippen molar-refractivity contribution in [1.29, 1.82) is 0 Å². The third-order valence-electron chi connectivity index (χ3n) is 20.8. The normalized spacial score (nSPS) is 13.0. The van der Waals surface area contributed by atoms with Gasteiger partial charge in [0.25, 0.3) is 0 Å². The van der Waals surface area contributed by atoms with Gasteiger partial charge >= 0.3 is 30.1 Å². The van der Waals surface area contributed by atoms with E-state index in [4.69, 9.17) is 14.2 Å². The third kappa shape index (κ3) is 24.3. The fourth-order valence-electron chi connectivity index (χ4n) is 15.3. The van der Waals surface area contributed by atoms with Gasteiger partial charge in [-0.15, -0.1) is 0 Å². The Kier molecular flexibility index (Phi) is 33.1. The molecule has 6 N–H and O–H groups in total. The van der Waals surface area contributed by atoms with Crippen LogP contribution >= 0.6 is 0 Å². The number of ether oxygens (including phenoxy) is 3. The molecule has 12 rings (SSSR count). The number of aromatic nitrogens is 2. The number of fused-ring (bicyclic) bond motifs is 6. The molecule has 8 aromatic carbocycles. The van der Waals surface area contributed by atoms with Crippen molar-refractivity contribution in [2.45, 2.75) is 136 Å². The van der Waals surface area contributed by atoms with E-state index in [-0.39, 0.29) is 95.9 Å². The number of alkyl carbamates (subject to hydrolysis) is 2. The van der Waals surface area contributed by atoms with Crippen LogP contribution in [0.4, 0.5) is 27.2 Å². The van der Waals surface area contributed by atoms with Crippen LogP contribution in [-0.2, 0) is 71.7 Å². The van der Waals surface area contributed by atoms with Gasteiger partial charge in [-0.05, 0) is 134 Å². The summed E-state index contributed by atoms with van der Waals surface area (Å²) in [5.74, 6) is -6.72. The van der Waals surface area contributed by atoms with Gasteiger partial charge < -0.3 is 71.6 Å². The number of carboxylic acid groups (broad SMARTS) is 2. The van der Waals surface area contributed by atoms with Crippen molar-refractivity contribution in [3.8, 4) is 44.5 Å². The predicted octanol–water partition coefficient (Wildman–Crippen LogP) is 17.9. The molecule has 2 aliphatic rings. The van der Waals surface area contributed by atoms with Crippen LogP contribution in [0.3, 0.4) is 0 Å². The van der Waals surface area contributed by atoms with Crippen molar-refractivity contribution in [2.75, 3.05) is 46.1 Å². The van der Waals surface area contributed by atoms with Crippen LogP contribution in [0.25, 0.3) is 44.5 Å². The summed E-state index contributed by atoms with van der Waals surface area (Å²) in [6.07, 6.45) is 1.20. The van der Waals surface area contributed by atoms with Crippen molar-refractivity contribution in [3.63, 3.8) is 0 Å². The summed E-state index contributed by atoms with van der Waals surface area (Å²) in [7, 11) is -1.48. The minimum absolute atomic E-state index is 0. The zero-order valence-corrected chi connectivity index (χ0v) is 71.8. The number of amides is 4. The summed E-state index contributed by atoms with van der Waals surface area (Å²) in [4.78, 5) is 90.9. The quantitative estimate of drug-likeness (QED) is 0.00837. The number of aliphatic carboxylic acids is 2. The molecule has 4 atom stereocenters. The number of halogens is 4. The number of carboxylic acids is 2. The molecule has 120 heavy (non-hydrogen) atoms. The van der Waals surface area contributed by atoms with Crippen LogP contribution in [0.1, 0.15) is 130 Å². The third-order valence-corrected chi connectivity index (χ3v) is 22.5.